The molecule has 2 amide bonds. The number of benzene rings is 2. The summed E-state index contributed by atoms with van der Waals surface area (Å²) in [5.41, 5.74) is 2.24. The molecule has 1 N–H and O–H groups in total. The van der Waals surface area contributed by atoms with Gasteiger partial charge in [-0.25, -0.2) is 0 Å². The molecule has 0 atom stereocenters. The molecule has 25 heavy (non-hydrogen) atoms. The van der Waals surface area contributed by atoms with Gasteiger partial charge < -0.3 is 15.0 Å². The van der Waals surface area contributed by atoms with Gasteiger partial charge >= 0.3 is 6.61 Å². The van der Waals surface area contributed by atoms with Gasteiger partial charge in [0, 0.05) is 17.8 Å². The summed E-state index contributed by atoms with van der Waals surface area (Å²) in [5, 5.41) is 2.55. The Hall–Kier alpha value is -2.96. The fourth-order valence-electron chi connectivity index (χ4n) is 2.74. The second-order valence-corrected chi connectivity index (χ2v) is 5.51. The lowest BCUT2D eigenvalue weighted by molar-refractivity contribution is -0.117. The van der Waals surface area contributed by atoms with Crippen molar-refractivity contribution in [3.63, 3.8) is 0 Å². The van der Waals surface area contributed by atoms with E-state index in [9.17, 15) is 18.4 Å². The highest BCUT2D eigenvalue weighted by molar-refractivity contribution is 6.01. The standard InChI is InChI=1S/C18H16F2N2O3/c19-18(20)25-14-7-5-13(6-8-14)17(24)21-11-16(23)22-10-9-12-3-1-2-4-15(12)22/h1-8,18H,9-11H2,(H,21,24). The molecule has 0 unspecified atom stereocenters. The second-order valence-electron chi connectivity index (χ2n) is 5.51. The molecule has 0 bridgehead atoms. The maximum atomic E-state index is 12.3. The van der Waals surface area contributed by atoms with Gasteiger partial charge in [0.2, 0.25) is 5.91 Å². The summed E-state index contributed by atoms with van der Waals surface area (Å²) in [5.74, 6) is -0.684. The second kappa shape index (κ2) is 7.29. The van der Waals surface area contributed by atoms with Crippen LogP contribution in [0.1, 0.15) is 15.9 Å². The minimum absolute atomic E-state index is 0.0312. The van der Waals surface area contributed by atoms with Crippen LogP contribution in [0.5, 0.6) is 5.75 Å². The Morgan fingerprint density at radius 2 is 1.84 bits per heavy atom. The Kier molecular flexibility index (Phi) is 4.92. The van der Waals surface area contributed by atoms with Crippen molar-refractivity contribution in [2.45, 2.75) is 13.0 Å². The van der Waals surface area contributed by atoms with Crippen LogP contribution in [0.2, 0.25) is 0 Å². The number of carbonyl (C=O) groups excluding carboxylic acids is 2. The zero-order valence-corrected chi connectivity index (χ0v) is 13.2. The lowest BCUT2D eigenvalue weighted by Crippen LogP contribution is -2.39. The quantitative estimate of drug-likeness (QED) is 0.905. The summed E-state index contributed by atoms with van der Waals surface area (Å²) in [6, 6.07) is 12.9. The molecule has 0 saturated carbocycles. The van der Waals surface area contributed by atoms with Crippen LogP contribution in [0.3, 0.4) is 0 Å². The van der Waals surface area contributed by atoms with Crippen LogP contribution in [0.15, 0.2) is 48.5 Å². The molecule has 2 aromatic carbocycles. The largest absolute Gasteiger partial charge is 0.435 e. The number of rotatable bonds is 5. The third-order valence-corrected chi connectivity index (χ3v) is 3.93. The third-order valence-electron chi connectivity index (χ3n) is 3.93. The van der Waals surface area contributed by atoms with Gasteiger partial charge in [-0.15, -0.1) is 0 Å². The summed E-state index contributed by atoms with van der Waals surface area (Å²) < 4.78 is 28.4. The SMILES string of the molecule is O=C(NCC(=O)N1CCc2ccccc21)c1ccc(OC(F)F)cc1. The summed E-state index contributed by atoms with van der Waals surface area (Å²) in [6.07, 6.45) is 0.793. The first-order valence-corrected chi connectivity index (χ1v) is 7.76. The van der Waals surface area contributed by atoms with Gasteiger partial charge in [-0.3, -0.25) is 9.59 Å². The van der Waals surface area contributed by atoms with Crippen molar-refractivity contribution >= 4 is 17.5 Å². The molecule has 1 aliphatic rings. The van der Waals surface area contributed by atoms with Crippen LogP contribution in [-0.2, 0) is 11.2 Å². The van der Waals surface area contributed by atoms with Crippen molar-refractivity contribution in [3.8, 4) is 5.75 Å². The number of amides is 2. The first kappa shape index (κ1) is 16.9. The molecule has 5 nitrogen and oxygen atoms in total. The van der Waals surface area contributed by atoms with Crippen molar-refractivity contribution < 1.29 is 23.1 Å². The van der Waals surface area contributed by atoms with Gasteiger partial charge in [-0.05, 0) is 42.3 Å². The van der Waals surface area contributed by atoms with E-state index >= 15 is 0 Å². The van der Waals surface area contributed by atoms with E-state index in [2.05, 4.69) is 10.1 Å². The molecule has 0 fully saturated rings. The lowest BCUT2D eigenvalue weighted by Gasteiger charge is -2.17. The zero-order valence-electron chi connectivity index (χ0n) is 13.2. The number of alkyl halides is 2. The molecule has 0 aliphatic carbocycles. The molecule has 0 radical (unpaired) electrons. The van der Waals surface area contributed by atoms with Crippen LogP contribution in [-0.4, -0.2) is 31.5 Å². The normalized spacial score (nSPS) is 12.8. The molecular weight excluding hydrogens is 330 g/mol. The Bertz CT molecular complexity index is 778. The molecule has 0 spiro atoms. The van der Waals surface area contributed by atoms with Crippen LogP contribution in [0.4, 0.5) is 14.5 Å². The van der Waals surface area contributed by atoms with Gasteiger partial charge in [0.15, 0.2) is 0 Å². The molecule has 130 valence electrons. The number of fused-ring (bicyclic) bond motifs is 1. The predicted octanol–water partition coefficient (Wildman–Crippen LogP) is 2.61. The van der Waals surface area contributed by atoms with Crippen LogP contribution in [0.25, 0.3) is 0 Å². The van der Waals surface area contributed by atoms with E-state index in [1.165, 1.54) is 24.3 Å². The summed E-state index contributed by atoms with van der Waals surface area (Å²) >= 11 is 0. The van der Waals surface area contributed by atoms with Crippen LogP contribution in [0, 0.1) is 0 Å². The number of carbonyl (C=O) groups is 2. The Morgan fingerprint density at radius 3 is 2.56 bits per heavy atom. The van der Waals surface area contributed by atoms with Gasteiger partial charge in [-0.1, -0.05) is 18.2 Å². The number of ether oxygens (including phenoxy) is 1. The average Bonchev–Trinajstić information content (AvgIpc) is 3.03. The topological polar surface area (TPSA) is 58.6 Å². The number of hydrogen-bond donors (Lipinski definition) is 1. The van der Waals surface area contributed by atoms with Gasteiger partial charge in [-0.2, -0.15) is 8.78 Å². The van der Waals surface area contributed by atoms with Gasteiger partial charge in [0.25, 0.3) is 5.91 Å². The van der Waals surface area contributed by atoms with E-state index in [0.29, 0.717) is 6.54 Å². The number of nitrogens with one attached hydrogen (secondary N) is 1. The molecular formula is C18H16F2N2O3. The molecule has 3 rings (SSSR count). The van der Waals surface area contributed by atoms with E-state index in [4.69, 9.17) is 0 Å². The van der Waals surface area contributed by atoms with Crippen molar-refractivity contribution in [1.29, 1.82) is 0 Å². The zero-order chi connectivity index (χ0) is 17.8. The fourth-order valence-corrected chi connectivity index (χ4v) is 2.74. The average molecular weight is 346 g/mol. The number of para-hydroxylation sites is 1. The molecule has 2 aromatic rings. The minimum atomic E-state index is -2.92. The monoisotopic (exact) mass is 346 g/mol. The predicted molar refractivity (Wildman–Crippen MR) is 87.9 cm³/mol. The summed E-state index contributed by atoms with van der Waals surface area (Å²) in [4.78, 5) is 26.0. The van der Waals surface area contributed by atoms with Crippen molar-refractivity contribution in [1.82, 2.24) is 5.32 Å². The highest BCUT2D eigenvalue weighted by Gasteiger charge is 2.24. The van der Waals surface area contributed by atoms with Crippen LogP contribution < -0.4 is 15.0 Å². The van der Waals surface area contributed by atoms with Gasteiger partial charge in [0.05, 0.1) is 6.54 Å². The highest BCUT2D eigenvalue weighted by Crippen LogP contribution is 2.27. The summed E-state index contributed by atoms with van der Waals surface area (Å²) in [7, 11) is 0. The molecule has 1 heterocycles. The number of anilines is 1. The van der Waals surface area contributed by atoms with Crippen molar-refractivity contribution in [3.05, 3.63) is 59.7 Å². The fraction of sp³-hybridized carbons (Fsp3) is 0.222. The maximum Gasteiger partial charge on any atom is 0.387 e. The van der Waals surface area contributed by atoms with Gasteiger partial charge in [0.1, 0.15) is 5.75 Å². The third kappa shape index (κ3) is 3.93. The van der Waals surface area contributed by atoms with E-state index in [1.54, 1.807) is 4.90 Å². The first-order valence-electron chi connectivity index (χ1n) is 7.76. The highest BCUT2D eigenvalue weighted by atomic mass is 19.3. The summed E-state index contributed by atoms with van der Waals surface area (Å²) in [6.45, 7) is -2.46. The Morgan fingerprint density at radius 1 is 1.12 bits per heavy atom. The maximum absolute atomic E-state index is 12.3. The minimum Gasteiger partial charge on any atom is -0.435 e. The van der Waals surface area contributed by atoms with E-state index in [1.807, 2.05) is 24.3 Å². The number of halogens is 2. The number of hydrogen-bond acceptors (Lipinski definition) is 3. The van der Waals surface area contributed by atoms with E-state index < -0.39 is 12.5 Å². The van der Waals surface area contributed by atoms with E-state index in [0.717, 1.165) is 17.7 Å². The first-order chi connectivity index (χ1) is 12.0. The Balaban J connectivity index is 1.56. The number of nitrogens with zero attached hydrogens (tertiary/aromatic N) is 1. The van der Waals surface area contributed by atoms with Crippen molar-refractivity contribution in [2.75, 3.05) is 18.0 Å². The molecule has 1 aliphatic heterocycles. The Labute approximate surface area is 143 Å². The molecule has 0 aromatic heterocycles. The van der Waals surface area contributed by atoms with Crippen molar-refractivity contribution in [2.24, 2.45) is 0 Å². The molecule has 0 saturated heterocycles. The molecule has 7 heteroatoms. The van der Waals surface area contributed by atoms with E-state index in [-0.39, 0.29) is 23.8 Å². The van der Waals surface area contributed by atoms with Crippen LogP contribution >= 0.6 is 0 Å². The lowest BCUT2D eigenvalue weighted by atomic mass is 10.2. The smallest absolute Gasteiger partial charge is 0.387 e.